The van der Waals surface area contributed by atoms with Crippen molar-refractivity contribution >= 4 is 5.91 Å². The van der Waals surface area contributed by atoms with Gasteiger partial charge in [0, 0.05) is 6.54 Å². The number of hydrogen-bond donors (Lipinski definition) is 2. The number of hydrogen-bond acceptors (Lipinski definition) is 3. The molecule has 0 radical (unpaired) electrons. The summed E-state index contributed by atoms with van der Waals surface area (Å²) < 4.78 is 4.90. The smallest absolute Gasteiger partial charge is 0.237 e. The largest absolute Gasteiger partial charge is 0.502 e. The van der Waals surface area contributed by atoms with E-state index in [0.29, 0.717) is 13.2 Å². The lowest BCUT2D eigenvalue weighted by atomic mass is 10.1. The van der Waals surface area contributed by atoms with E-state index < -0.39 is 6.04 Å². The molecule has 4 heteroatoms. The molecule has 0 saturated heterocycles. The van der Waals surface area contributed by atoms with Gasteiger partial charge in [0.05, 0.1) is 18.9 Å². The van der Waals surface area contributed by atoms with Crippen LogP contribution in [0.2, 0.25) is 0 Å². The fraction of sp³-hybridized carbons (Fsp3) is 0.700. The number of rotatable bonds is 7. The average molecular weight is 200 g/mol. The fourth-order valence-electron chi connectivity index (χ4n) is 0.871. The number of ether oxygens (including phenoxy) is 1. The summed E-state index contributed by atoms with van der Waals surface area (Å²) in [5.74, 6) is 0.0676. The van der Waals surface area contributed by atoms with Gasteiger partial charge in [-0.1, -0.05) is 20.4 Å². The minimum Gasteiger partial charge on any atom is -0.502 e. The van der Waals surface area contributed by atoms with Crippen LogP contribution in [0.5, 0.6) is 0 Å². The third kappa shape index (κ3) is 5.59. The second-order valence-electron chi connectivity index (χ2n) is 3.45. The Kier molecular flexibility index (Phi) is 6.84. The molecule has 0 heterocycles. The van der Waals surface area contributed by atoms with Crippen molar-refractivity contribution in [2.24, 2.45) is 11.7 Å². The summed E-state index contributed by atoms with van der Waals surface area (Å²) in [4.78, 5) is 11.3. The van der Waals surface area contributed by atoms with E-state index in [0.717, 1.165) is 6.42 Å². The van der Waals surface area contributed by atoms with Gasteiger partial charge in [0.2, 0.25) is 5.91 Å². The zero-order chi connectivity index (χ0) is 11.0. The number of nitrogens with two attached hydrogens (primary N) is 1. The van der Waals surface area contributed by atoms with Crippen LogP contribution >= 0.6 is 0 Å². The Morgan fingerprint density at radius 1 is 1.64 bits per heavy atom. The number of nitrogens with one attached hydrogen (secondary N) is 1. The highest BCUT2D eigenvalue weighted by Gasteiger charge is 2.15. The number of amides is 1. The molecule has 1 atom stereocenters. The third-order valence-electron chi connectivity index (χ3n) is 1.88. The molecule has 1 amide bonds. The van der Waals surface area contributed by atoms with Crippen LogP contribution < -0.4 is 11.1 Å². The van der Waals surface area contributed by atoms with Crippen molar-refractivity contribution in [2.75, 3.05) is 13.2 Å². The molecule has 0 aliphatic carbocycles. The van der Waals surface area contributed by atoms with Crippen molar-refractivity contribution < 1.29 is 9.53 Å². The van der Waals surface area contributed by atoms with Gasteiger partial charge in [-0.25, -0.2) is 0 Å². The summed E-state index contributed by atoms with van der Waals surface area (Å²) >= 11 is 0. The SMILES string of the molecule is C=COCCCNC(=O)[C@H](N)C(C)C. The predicted octanol–water partition coefficient (Wildman–Crippen LogP) is 0.636. The van der Waals surface area contributed by atoms with Crippen LogP contribution in [0.25, 0.3) is 0 Å². The zero-order valence-corrected chi connectivity index (χ0v) is 8.95. The molecule has 4 nitrogen and oxygen atoms in total. The molecule has 0 aromatic carbocycles. The Morgan fingerprint density at radius 3 is 2.79 bits per heavy atom. The van der Waals surface area contributed by atoms with Crippen molar-refractivity contribution in [3.05, 3.63) is 12.8 Å². The van der Waals surface area contributed by atoms with Gasteiger partial charge < -0.3 is 15.8 Å². The Morgan fingerprint density at radius 2 is 2.29 bits per heavy atom. The number of carbonyl (C=O) groups excluding carboxylic acids is 1. The molecule has 0 spiro atoms. The Labute approximate surface area is 85.5 Å². The zero-order valence-electron chi connectivity index (χ0n) is 8.95. The predicted molar refractivity (Wildman–Crippen MR) is 56.6 cm³/mol. The van der Waals surface area contributed by atoms with Crippen LogP contribution in [0, 0.1) is 5.92 Å². The van der Waals surface area contributed by atoms with E-state index in [-0.39, 0.29) is 11.8 Å². The van der Waals surface area contributed by atoms with E-state index in [9.17, 15) is 4.79 Å². The van der Waals surface area contributed by atoms with E-state index in [2.05, 4.69) is 11.9 Å². The molecule has 0 saturated carbocycles. The molecular formula is C10H20N2O2. The molecular weight excluding hydrogens is 180 g/mol. The third-order valence-corrected chi connectivity index (χ3v) is 1.88. The Balaban J connectivity index is 3.49. The van der Waals surface area contributed by atoms with E-state index in [1.54, 1.807) is 0 Å². The number of carbonyl (C=O) groups is 1. The first-order chi connectivity index (χ1) is 6.59. The quantitative estimate of drug-likeness (QED) is 0.468. The van der Waals surface area contributed by atoms with E-state index >= 15 is 0 Å². The molecule has 0 bridgehead atoms. The monoisotopic (exact) mass is 200 g/mol. The second kappa shape index (κ2) is 7.38. The van der Waals surface area contributed by atoms with Gasteiger partial charge in [0.25, 0.3) is 0 Å². The van der Waals surface area contributed by atoms with Crippen molar-refractivity contribution in [1.82, 2.24) is 5.32 Å². The van der Waals surface area contributed by atoms with E-state index in [1.165, 1.54) is 6.26 Å². The van der Waals surface area contributed by atoms with Crippen molar-refractivity contribution in [1.29, 1.82) is 0 Å². The first kappa shape index (κ1) is 13.0. The van der Waals surface area contributed by atoms with Crippen molar-refractivity contribution in [3.63, 3.8) is 0 Å². The first-order valence-electron chi connectivity index (χ1n) is 4.85. The molecule has 82 valence electrons. The van der Waals surface area contributed by atoms with Gasteiger partial charge in [-0.3, -0.25) is 4.79 Å². The fourth-order valence-corrected chi connectivity index (χ4v) is 0.871. The van der Waals surface area contributed by atoms with Gasteiger partial charge in [-0.2, -0.15) is 0 Å². The van der Waals surface area contributed by atoms with E-state index in [4.69, 9.17) is 10.5 Å². The summed E-state index contributed by atoms with van der Waals surface area (Å²) in [7, 11) is 0. The maximum atomic E-state index is 11.3. The highest BCUT2D eigenvalue weighted by molar-refractivity contribution is 5.81. The van der Waals surface area contributed by atoms with Crippen LogP contribution in [0.3, 0.4) is 0 Å². The summed E-state index contributed by atoms with van der Waals surface area (Å²) in [5, 5.41) is 2.74. The maximum Gasteiger partial charge on any atom is 0.237 e. The summed E-state index contributed by atoms with van der Waals surface area (Å²) in [6.45, 7) is 8.42. The first-order valence-corrected chi connectivity index (χ1v) is 4.85. The van der Waals surface area contributed by atoms with Crippen LogP contribution in [0.15, 0.2) is 12.8 Å². The average Bonchev–Trinajstić information content (AvgIpc) is 2.16. The lowest BCUT2D eigenvalue weighted by Gasteiger charge is -2.14. The van der Waals surface area contributed by atoms with Gasteiger partial charge in [0.1, 0.15) is 0 Å². The lowest BCUT2D eigenvalue weighted by molar-refractivity contribution is -0.123. The molecule has 0 aromatic rings. The Hall–Kier alpha value is -1.03. The normalized spacial score (nSPS) is 12.3. The minimum atomic E-state index is -0.421. The topological polar surface area (TPSA) is 64.3 Å². The van der Waals surface area contributed by atoms with Gasteiger partial charge in [-0.05, 0) is 12.3 Å². The molecule has 0 aliphatic heterocycles. The van der Waals surface area contributed by atoms with Crippen LogP contribution in [0.1, 0.15) is 20.3 Å². The van der Waals surface area contributed by atoms with Gasteiger partial charge in [0.15, 0.2) is 0 Å². The molecule has 14 heavy (non-hydrogen) atoms. The second-order valence-corrected chi connectivity index (χ2v) is 3.45. The summed E-state index contributed by atoms with van der Waals surface area (Å²) in [6.07, 6.45) is 2.16. The van der Waals surface area contributed by atoms with Gasteiger partial charge in [-0.15, -0.1) is 0 Å². The Bertz CT molecular complexity index is 181. The molecule has 0 unspecified atom stereocenters. The van der Waals surface area contributed by atoms with Crippen molar-refractivity contribution in [2.45, 2.75) is 26.3 Å². The molecule has 0 aromatic heterocycles. The summed E-state index contributed by atoms with van der Waals surface area (Å²) in [6, 6.07) is -0.421. The van der Waals surface area contributed by atoms with Crippen LogP contribution in [0.4, 0.5) is 0 Å². The molecule has 0 fully saturated rings. The molecule has 0 rings (SSSR count). The van der Waals surface area contributed by atoms with Crippen LogP contribution in [-0.2, 0) is 9.53 Å². The highest BCUT2D eigenvalue weighted by Crippen LogP contribution is 1.97. The van der Waals surface area contributed by atoms with Crippen LogP contribution in [-0.4, -0.2) is 25.1 Å². The highest BCUT2D eigenvalue weighted by atomic mass is 16.5. The summed E-state index contributed by atoms with van der Waals surface area (Å²) in [5.41, 5.74) is 5.64. The standard InChI is InChI=1S/C10H20N2O2/c1-4-14-7-5-6-12-10(13)9(11)8(2)3/h4,8-9H,1,5-7,11H2,2-3H3,(H,12,13)/t9-/m1/s1. The lowest BCUT2D eigenvalue weighted by Crippen LogP contribution is -2.44. The molecule has 0 aliphatic rings. The molecule has 3 N–H and O–H groups in total. The van der Waals surface area contributed by atoms with Crippen molar-refractivity contribution in [3.8, 4) is 0 Å². The van der Waals surface area contributed by atoms with E-state index in [1.807, 2.05) is 13.8 Å². The minimum absolute atomic E-state index is 0.0985. The maximum absolute atomic E-state index is 11.3. The van der Waals surface area contributed by atoms with Gasteiger partial charge >= 0.3 is 0 Å².